The molecule has 6 aromatic rings. The Balaban J connectivity index is 0.956. The van der Waals surface area contributed by atoms with Gasteiger partial charge in [-0.2, -0.15) is 0 Å². The van der Waals surface area contributed by atoms with Gasteiger partial charge in [0.15, 0.2) is 48.2 Å². The first kappa shape index (κ1) is 45.7. The van der Waals surface area contributed by atoms with Gasteiger partial charge < -0.3 is 37.9 Å². The molecule has 8 heterocycles. The second-order valence-electron chi connectivity index (χ2n) is 15.2. The van der Waals surface area contributed by atoms with Gasteiger partial charge in [0.1, 0.15) is 71.9 Å². The maximum Gasteiger partial charge on any atom is 0.303 e. The van der Waals surface area contributed by atoms with E-state index >= 15 is 0 Å². The highest BCUT2D eigenvalue weighted by atomic mass is 16.7. The fourth-order valence-corrected chi connectivity index (χ4v) is 7.71. The number of aromatic nitrogens is 14. The monoisotopic (exact) mass is 930 g/mol. The van der Waals surface area contributed by atoms with Crippen molar-refractivity contribution >= 4 is 58.1 Å². The minimum absolute atomic E-state index is 0.280. The molecular formula is C39H42N14O14. The van der Waals surface area contributed by atoms with Crippen LogP contribution in [0.25, 0.3) is 45.1 Å². The Morgan fingerprint density at radius 3 is 1.28 bits per heavy atom. The first-order chi connectivity index (χ1) is 32.1. The van der Waals surface area contributed by atoms with E-state index in [2.05, 4.69) is 50.5 Å². The molecule has 0 radical (unpaired) electrons. The van der Waals surface area contributed by atoms with Gasteiger partial charge in [0.25, 0.3) is 0 Å². The summed E-state index contributed by atoms with van der Waals surface area (Å²) in [5.74, 6) is -3.82. The SMILES string of the molecule is CC(=O)OC[C@H]1O[C@@H](n2cnc3c(-c4cn(CCCn5cc(-c6ncnc7c6ncn7[C@@H]6O[C@H](COC(C)=O)[C@@H](OC(C)=O)[C@H]6OC(C)=O)nn5)nn4)ncnc32)[C@H](OC(C)=O)[C@@H]1OC(C)=O. The summed E-state index contributed by atoms with van der Waals surface area (Å²) in [6, 6.07) is 0. The highest BCUT2D eigenvalue weighted by molar-refractivity contribution is 5.86. The number of ether oxygens (including phenoxy) is 8. The standard InChI is InChI=1S/C39H42N14O14/c1-18(54)60-12-26-32(62-20(3)56)34(64-22(5)58)38(66-26)52-16-44-30-28(40-14-42-36(30)52)24-10-50(48-46-24)8-7-9-51-11-25(47-49-51)29-31-37(43-15-41-29)53(17-45-31)39-35(65-23(6)59)33(63-21(4)57)27(67-39)13-61-19(2)55/h10-11,14-17,26-27,32-35,38-39H,7-9,12-13H2,1-6H3/t26-,27-,32-,33-,34-,35-,38-,39-/m1/s1. The zero-order valence-electron chi connectivity index (χ0n) is 36.6. The maximum atomic E-state index is 12.2. The van der Waals surface area contributed by atoms with Gasteiger partial charge in [0, 0.05) is 54.6 Å². The van der Waals surface area contributed by atoms with Crippen molar-refractivity contribution in [3.63, 3.8) is 0 Å². The van der Waals surface area contributed by atoms with Gasteiger partial charge in [-0.25, -0.2) is 29.9 Å². The van der Waals surface area contributed by atoms with Gasteiger partial charge in [-0.1, -0.05) is 10.4 Å². The molecule has 0 bridgehead atoms. The number of fused-ring (bicyclic) bond motifs is 2. The molecule has 2 saturated heterocycles. The summed E-state index contributed by atoms with van der Waals surface area (Å²) in [4.78, 5) is 98.4. The molecule has 0 aromatic carbocycles. The largest absolute Gasteiger partial charge is 0.463 e. The van der Waals surface area contributed by atoms with Crippen LogP contribution in [0.1, 0.15) is 60.4 Å². The average molecular weight is 931 g/mol. The molecule has 6 aromatic heterocycles. The molecule has 0 saturated carbocycles. The summed E-state index contributed by atoms with van der Waals surface area (Å²) in [6.07, 6.45) is 0.653. The summed E-state index contributed by atoms with van der Waals surface area (Å²) >= 11 is 0. The van der Waals surface area contributed by atoms with Crippen molar-refractivity contribution in [1.29, 1.82) is 0 Å². The molecule has 0 unspecified atom stereocenters. The van der Waals surface area contributed by atoms with Crippen LogP contribution >= 0.6 is 0 Å². The molecule has 28 nitrogen and oxygen atoms in total. The topological polar surface area (TPSA) is 325 Å². The van der Waals surface area contributed by atoms with Crippen molar-refractivity contribution < 1.29 is 66.7 Å². The molecule has 2 fully saturated rings. The minimum atomic E-state index is -1.15. The maximum absolute atomic E-state index is 12.2. The highest BCUT2D eigenvalue weighted by Crippen LogP contribution is 2.38. The van der Waals surface area contributed by atoms with Crippen LogP contribution in [0.15, 0.2) is 37.7 Å². The van der Waals surface area contributed by atoms with E-state index in [0.29, 0.717) is 53.3 Å². The molecule has 0 N–H and O–H groups in total. The van der Waals surface area contributed by atoms with Crippen LogP contribution in [0.4, 0.5) is 0 Å². The lowest BCUT2D eigenvalue weighted by atomic mass is 10.1. The molecule has 67 heavy (non-hydrogen) atoms. The number of hydrogen-bond acceptors (Lipinski definition) is 24. The van der Waals surface area contributed by atoms with Crippen molar-refractivity contribution in [1.82, 2.24) is 69.0 Å². The number of carbonyl (C=O) groups is 6. The van der Waals surface area contributed by atoms with Crippen LogP contribution in [-0.4, -0.2) is 155 Å². The highest BCUT2D eigenvalue weighted by Gasteiger charge is 2.52. The fraction of sp³-hybridized carbons (Fsp3) is 0.487. The van der Waals surface area contributed by atoms with Gasteiger partial charge in [-0.15, -0.1) is 10.2 Å². The zero-order valence-corrected chi connectivity index (χ0v) is 36.6. The van der Waals surface area contributed by atoms with E-state index in [1.165, 1.54) is 76.0 Å². The van der Waals surface area contributed by atoms with E-state index in [9.17, 15) is 28.8 Å². The molecule has 8 rings (SSSR count). The molecule has 352 valence electrons. The summed E-state index contributed by atoms with van der Waals surface area (Å²) < 4.78 is 51.0. The minimum Gasteiger partial charge on any atom is -0.463 e. The molecule has 8 atom stereocenters. The lowest BCUT2D eigenvalue weighted by molar-refractivity contribution is -0.166. The van der Waals surface area contributed by atoms with Crippen LogP contribution in [0.5, 0.6) is 0 Å². The van der Waals surface area contributed by atoms with Crippen LogP contribution in [-0.2, 0) is 79.8 Å². The lowest BCUT2D eigenvalue weighted by Gasteiger charge is -2.23. The Kier molecular flexibility index (Phi) is 13.2. The Morgan fingerprint density at radius 1 is 0.522 bits per heavy atom. The van der Waals surface area contributed by atoms with Crippen LogP contribution in [0, 0.1) is 0 Å². The van der Waals surface area contributed by atoms with E-state index in [1.54, 1.807) is 21.8 Å². The van der Waals surface area contributed by atoms with Gasteiger partial charge in [0.05, 0.1) is 25.0 Å². The second-order valence-corrected chi connectivity index (χ2v) is 15.2. The number of carbonyl (C=O) groups excluding carboxylic acids is 6. The van der Waals surface area contributed by atoms with Gasteiger partial charge >= 0.3 is 35.8 Å². The van der Waals surface area contributed by atoms with Gasteiger partial charge in [-0.3, -0.25) is 47.3 Å². The Bertz CT molecular complexity index is 2650. The van der Waals surface area contributed by atoms with Crippen molar-refractivity contribution in [3.05, 3.63) is 37.7 Å². The third-order valence-corrected chi connectivity index (χ3v) is 10.3. The van der Waals surface area contributed by atoms with E-state index in [-0.39, 0.29) is 24.5 Å². The molecule has 2 aliphatic rings. The second kappa shape index (κ2) is 19.3. The van der Waals surface area contributed by atoms with E-state index in [4.69, 9.17) is 37.9 Å². The quantitative estimate of drug-likeness (QED) is 0.0925. The summed E-state index contributed by atoms with van der Waals surface area (Å²) in [7, 11) is 0. The number of esters is 6. The Labute approximate surface area is 377 Å². The van der Waals surface area contributed by atoms with E-state index in [1.807, 2.05) is 0 Å². The Morgan fingerprint density at radius 2 is 0.910 bits per heavy atom. The van der Waals surface area contributed by atoms with Gasteiger partial charge in [-0.05, 0) is 6.42 Å². The lowest BCUT2D eigenvalue weighted by Crippen LogP contribution is -2.40. The van der Waals surface area contributed by atoms with E-state index < -0.39 is 84.9 Å². The van der Waals surface area contributed by atoms with Crippen molar-refractivity contribution in [2.75, 3.05) is 13.2 Å². The molecule has 0 spiro atoms. The average Bonchev–Trinajstić information content (AvgIpc) is 4.14. The first-order valence-electron chi connectivity index (χ1n) is 20.6. The number of aryl methyl sites for hydroxylation is 2. The van der Waals surface area contributed by atoms with Gasteiger partial charge in [0.2, 0.25) is 0 Å². The first-order valence-corrected chi connectivity index (χ1v) is 20.6. The number of nitrogens with zero attached hydrogens (tertiary/aromatic N) is 14. The third-order valence-electron chi connectivity index (χ3n) is 10.3. The predicted molar refractivity (Wildman–Crippen MR) is 217 cm³/mol. The Hall–Kier alpha value is -7.88. The normalized spacial score (nSPS) is 22.4. The summed E-state index contributed by atoms with van der Waals surface area (Å²) in [5.41, 5.74) is 2.65. The van der Waals surface area contributed by atoms with Crippen molar-refractivity contribution in [3.8, 4) is 22.8 Å². The van der Waals surface area contributed by atoms with Crippen LogP contribution < -0.4 is 0 Å². The zero-order chi connectivity index (χ0) is 47.5. The number of rotatable bonds is 16. The fourth-order valence-electron chi connectivity index (χ4n) is 7.71. The van der Waals surface area contributed by atoms with Crippen LogP contribution in [0.2, 0.25) is 0 Å². The molecule has 0 aliphatic carbocycles. The summed E-state index contributed by atoms with van der Waals surface area (Å²) in [6.45, 7) is 7.48. The smallest absolute Gasteiger partial charge is 0.303 e. The van der Waals surface area contributed by atoms with E-state index in [0.717, 1.165) is 0 Å². The summed E-state index contributed by atoms with van der Waals surface area (Å²) in [5, 5.41) is 17.2. The van der Waals surface area contributed by atoms with Crippen molar-refractivity contribution in [2.24, 2.45) is 0 Å². The molecule has 28 heteroatoms. The van der Waals surface area contributed by atoms with Crippen LogP contribution in [0.3, 0.4) is 0 Å². The molecule has 2 aliphatic heterocycles. The molecule has 0 amide bonds. The number of hydrogen-bond donors (Lipinski definition) is 0. The van der Waals surface area contributed by atoms with Crippen molar-refractivity contribution in [2.45, 2.75) is 110 Å². The third kappa shape index (κ3) is 9.88. The number of imidazole rings is 2. The molecular weight excluding hydrogens is 889 g/mol. The predicted octanol–water partition coefficient (Wildman–Crippen LogP) is 0.221.